The average Bonchev–Trinajstić information content (AvgIpc) is 2.96. The number of aromatic nitrogens is 4. The summed E-state index contributed by atoms with van der Waals surface area (Å²) in [5.41, 5.74) is 2.38. The molecule has 2 atom stereocenters. The zero-order valence-corrected chi connectivity index (χ0v) is 14.8. The number of para-hydroxylation sites is 1. The first kappa shape index (κ1) is 16.7. The number of rotatable bonds is 6. The van der Waals surface area contributed by atoms with E-state index in [1.165, 1.54) is 11.8 Å². The third-order valence-electron chi connectivity index (χ3n) is 3.92. The molecule has 3 rings (SSSR count). The predicted octanol–water partition coefficient (Wildman–Crippen LogP) is 3.58. The molecule has 3 aromatic rings. The average molecular weight is 344 g/mol. The zero-order valence-electron chi connectivity index (χ0n) is 13.9. The molecule has 126 valence electrons. The van der Waals surface area contributed by atoms with Crippen LogP contribution in [-0.2, 0) is 9.53 Å². The SMILES string of the molecule is CCC(C)COC(=O)C(C)Sc1nnc2c(n1)[nH]c1ccccc12. The van der Waals surface area contributed by atoms with Crippen LogP contribution in [0.1, 0.15) is 27.2 Å². The molecule has 0 amide bonds. The number of thioether (sulfide) groups is 1. The second kappa shape index (κ2) is 7.17. The van der Waals surface area contributed by atoms with Crippen LogP contribution in [0, 0.1) is 5.92 Å². The van der Waals surface area contributed by atoms with E-state index in [2.05, 4.69) is 34.0 Å². The Morgan fingerprint density at radius 3 is 2.88 bits per heavy atom. The second-order valence-corrected chi connectivity index (χ2v) is 7.17. The molecule has 0 radical (unpaired) electrons. The van der Waals surface area contributed by atoms with Crippen LogP contribution >= 0.6 is 11.8 Å². The Labute approximate surface area is 144 Å². The Balaban J connectivity index is 1.73. The first-order valence-electron chi connectivity index (χ1n) is 8.03. The lowest BCUT2D eigenvalue weighted by Crippen LogP contribution is -2.20. The van der Waals surface area contributed by atoms with E-state index in [0.29, 0.717) is 23.3 Å². The van der Waals surface area contributed by atoms with Crippen LogP contribution in [0.4, 0.5) is 0 Å². The highest BCUT2D eigenvalue weighted by molar-refractivity contribution is 8.00. The van der Waals surface area contributed by atoms with Crippen molar-refractivity contribution in [2.75, 3.05) is 6.61 Å². The van der Waals surface area contributed by atoms with Gasteiger partial charge in [-0.3, -0.25) is 4.79 Å². The molecular weight excluding hydrogens is 324 g/mol. The smallest absolute Gasteiger partial charge is 0.319 e. The van der Waals surface area contributed by atoms with Crippen LogP contribution < -0.4 is 0 Å². The number of hydrogen-bond acceptors (Lipinski definition) is 6. The number of esters is 1. The van der Waals surface area contributed by atoms with E-state index < -0.39 is 0 Å². The van der Waals surface area contributed by atoms with Gasteiger partial charge in [0.05, 0.1) is 6.61 Å². The lowest BCUT2D eigenvalue weighted by Gasteiger charge is -2.12. The Morgan fingerprint density at radius 1 is 1.29 bits per heavy atom. The maximum absolute atomic E-state index is 12.0. The maximum Gasteiger partial charge on any atom is 0.319 e. The highest BCUT2D eigenvalue weighted by atomic mass is 32.2. The largest absolute Gasteiger partial charge is 0.465 e. The molecule has 0 saturated heterocycles. The topological polar surface area (TPSA) is 80.8 Å². The standard InChI is InChI=1S/C17H20N4O2S/c1-4-10(2)9-23-16(22)11(3)24-17-19-15-14(20-21-17)12-7-5-6-8-13(12)18-15/h5-8,10-11H,4,9H2,1-3H3,(H,18,19,21). The fraction of sp³-hybridized carbons (Fsp3) is 0.412. The quantitative estimate of drug-likeness (QED) is 0.544. The van der Waals surface area contributed by atoms with Gasteiger partial charge in [-0.05, 0) is 18.9 Å². The molecule has 24 heavy (non-hydrogen) atoms. The highest BCUT2D eigenvalue weighted by Gasteiger charge is 2.19. The van der Waals surface area contributed by atoms with Gasteiger partial charge in [0, 0.05) is 10.9 Å². The van der Waals surface area contributed by atoms with Gasteiger partial charge in [0.25, 0.3) is 0 Å². The lowest BCUT2D eigenvalue weighted by molar-refractivity contribution is -0.143. The number of aromatic amines is 1. The van der Waals surface area contributed by atoms with Crippen molar-refractivity contribution in [3.05, 3.63) is 24.3 Å². The van der Waals surface area contributed by atoms with Crippen molar-refractivity contribution in [1.82, 2.24) is 20.2 Å². The minimum atomic E-state index is -0.377. The lowest BCUT2D eigenvalue weighted by atomic mass is 10.1. The summed E-state index contributed by atoms with van der Waals surface area (Å²) in [4.78, 5) is 19.7. The molecule has 0 spiro atoms. The molecule has 2 heterocycles. The minimum Gasteiger partial charge on any atom is -0.465 e. The summed E-state index contributed by atoms with van der Waals surface area (Å²) >= 11 is 1.26. The fourth-order valence-corrected chi connectivity index (χ4v) is 2.93. The first-order chi connectivity index (χ1) is 11.6. The minimum absolute atomic E-state index is 0.249. The van der Waals surface area contributed by atoms with Crippen molar-refractivity contribution in [2.24, 2.45) is 5.92 Å². The van der Waals surface area contributed by atoms with Crippen LogP contribution in [0.3, 0.4) is 0 Å². The third kappa shape index (κ3) is 3.51. The first-order valence-corrected chi connectivity index (χ1v) is 8.91. The van der Waals surface area contributed by atoms with Crippen molar-refractivity contribution < 1.29 is 9.53 Å². The van der Waals surface area contributed by atoms with Crippen LogP contribution in [0.25, 0.3) is 22.1 Å². The van der Waals surface area contributed by atoms with Gasteiger partial charge in [-0.15, -0.1) is 10.2 Å². The van der Waals surface area contributed by atoms with Crippen molar-refractivity contribution in [1.29, 1.82) is 0 Å². The molecule has 0 aliphatic carbocycles. The normalized spacial score (nSPS) is 14.0. The Bertz CT molecular complexity index is 864. The number of benzene rings is 1. The van der Waals surface area contributed by atoms with E-state index in [0.717, 1.165) is 22.8 Å². The number of carbonyl (C=O) groups is 1. The molecule has 0 aliphatic rings. The van der Waals surface area contributed by atoms with E-state index in [1.54, 1.807) is 6.92 Å². The van der Waals surface area contributed by atoms with Gasteiger partial charge in [-0.25, -0.2) is 4.98 Å². The number of carbonyl (C=O) groups excluding carboxylic acids is 1. The summed E-state index contributed by atoms with van der Waals surface area (Å²) in [7, 11) is 0. The molecule has 0 saturated carbocycles. The Hall–Kier alpha value is -2.15. The zero-order chi connectivity index (χ0) is 17.1. The summed E-state index contributed by atoms with van der Waals surface area (Å²) in [6.07, 6.45) is 0.985. The molecule has 6 nitrogen and oxygen atoms in total. The van der Waals surface area contributed by atoms with Crippen LogP contribution in [0.5, 0.6) is 0 Å². The van der Waals surface area contributed by atoms with Crippen LogP contribution in [0.2, 0.25) is 0 Å². The molecule has 0 bridgehead atoms. The summed E-state index contributed by atoms with van der Waals surface area (Å²) < 4.78 is 5.32. The number of nitrogens with one attached hydrogen (secondary N) is 1. The number of H-pyrrole nitrogens is 1. The Kier molecular flexibility index (Phi) is 4.99. The Morgan fingerprint density at radius 2 is 2.08 bits per heavy atom. The van der Waals surface area contributed by atoms with Gasteiger partial charge in [-0.2, -0.15) is 0 Å². The summed E-state index contributed by atoms with van der Waals surface area (Å²) in [6, 6.07) is 7.86. The number of hydrogen-bond donors (Lipinski definition) is 1. The van der Waals surface area contributed by atoms with Gasteiger partial charge in [0.2, 0.25) is 5.16 Å². The van der Waals surface area contributed by atoms with Crippen molar-refractivity contribution in [3.63, 3.8) is 0 Å². The number of ether oxygens (including phenoxy) is 1. The molecule has 2 aromatic heterocycles. The molecule has 0 fully saturated rings. The van der Waals surface area contributed by atoms with Crippen molar-refractivity contribution in [3.8, 4) is 0 Å². The highest BCUT2D eigenvalue weighted by Crippen LogP contribution is 2.25. The van der Waals surface area contributed by atoms with Crippen LogP contribution in [0.15, 0.2) is 29.4 Å². The monoisotopic (exact) mass is 344 g/mol. The van der Waals surface area contributed by atoms with E-state index in [1.807, 2.05) is 24.3 Å². The molecule has 1 N–H and O–H groups in total. The van der Waals surface area contributed by atoms with Crippen LogP contribution in [-0.4, -0.2) is 38.0 Å². The van der Waals surface area contributed by atoms with Crippen molar-refractivity contribution in [2.45, 2.75) is 37.6 Å². The number of fused-ring (bicyclic) bond motifs is 3. The number of nitrogens with zero attached hydrogens (tertiary/aromatic N) is 3. The van der Waals surface area contributed by atoms with E-state index in [-0.39, 0.29) is 11.2 Å². The van der Waals surface area contributed by atoms with Gasteiger partial charge < -0.3 is 9.72 Å². The predicted molar refractivity (Wildman–Crippen MR) is 94.9 cm³/mol. The van der Waals surface area contributed by atoms with E-state index in [9.17, 15) is 4.79 Å². The van der Waals surface area contributed by atoms with Gasteiger partial charge >= 0.3 is 5.97 Å². The van der Waals surface area contributed by atoms with E-state index in [4.69, 9.17) is 4.74 Å². The summed E-state index contributed by atoms with van der Waals surface area (Å²) in [6.45, 7) is 6.37. The second-order valence-electron chi connectivity index (χ2n) is 5.87. The molecule has 1 aromatic carbocycles. The molecule has 2 unspecified atom stereocenters. The molecule has 7 heteroatoms. The maximum atomic E-state index is 12.0. The molecular formula is C17H20N4O2S. The van der Waals surface area contributed by atoms with Gasteiger partial charge in [0.15, 0.2) is 5.65 Å². The summed E-state index contributed by atoms with van der Waals surface area (Å²) in [5.74, 6) is 0.118. The van der Waals surface area contributed by atoms with E-state index >= 15 is 0 Å². The molecule has 0 aliphatic heterocycles. The fourth-order valence-electron chi connectivity index (χ4n) is 2.22. The van der Waals surface area contributed by atoms with Gasteiger partial charge in [-0.1, -0.05) is 50.2 Å². The van der Waals surface area contributed by atoms with Crippen molar-refractivity contribution >= 4 is 39.8 Å². The van der Waals surface area contributed by atoms with Gasteiger partial charge in [0.1, 0.15) is 10.8 Å². The summed E-state index contributed by atoms with van der Waals surface area (Å²) in [5, 5.41) is 9.46. The third-order valence-corrected chi connectivity index (χ3v) is 4.85.